The Kier molecular flexibility index (Phi) is 8.52. The number of ether oxygens (including phenoxy) is 2. The number of anilines is 3. The first-order valence-corrected chi connectivity index (χ1v) is 12.7. The molecule has 1 saturated heterocycles. The SMILES string of the molecule is CC(C)(C)OC(=O)N1CCOC(CNc2cc(Nc3cnc(C#N)cn3)nnc2C(=O)NC2CCCC2)C1. The molecule has 2 aliphatic rings. The maximum absolute atomic E-state index is 13.1. The van der Waals surface area contributed by atoms with Gasteiger partial charge in [0.1, 0.15) is 17.5 Å². The third-order valence-corrected chi connectivity index (χ3v) is 6.03. The summed E-state index contributed by atoms with van der Waals surface area (Å²) >= 11 is 0. The normalized spacial score (nSPS) is 17.9. The van der Waals surface area contributed by atoms with Gasteiger partial charge in [-0.05, 0) is 33.6 Å². The van der Waals surface area contributed by atoms with Gasteiger partial charge in [0.25, 0.3) is 5.91 Å². The Balaban J connectivity index is 1.47. The van der Waals surface area contributed by atoms with Gasteiger partial charge < -0.3 is 30.3 Å². The molecule has 4 rings (SSSR count). The first-order valence-electron chi connectivity index (χ1n) is 12.7. The van der Waals surface area contributed by atoms with Crippen molar-refractivity contribution in [2.75, 3.05) is 36.9 Å². The van der Waals surface area contributed by atoms with Crippen molar-refractivity contribution in [3.63, 3.8) is 0 Å². The third-order valence-electron chi connectivity index (χ3n) is 6.03. The van der Waals surface area contributed by atoms with Gasteiger partial charge >= 0.3 is 6.09 Å². The van der Waals surface area contributed by atoms with Gasteiger partial charge in [0.05, 0.1) is 37.3 Å². The van der Waals surface area contributed by atoms with E-state index in [9.17, 15) is 9.59 Å². The van der Waals surface area contributed by atoms with Crippen LogP contribution in [-0.4, -0.2) is 81.1 Å². The van der Waals surface area contributed by atoms with E-state index in [0.717, 1.165) is 25.7 Å². The predicted molar refractivity (Wildman–Crippen MR) is 138 cm³/mol. The van der Waals surface area contributed by atoms with Gasteiger partial charge in [-0.1, -0.05) is 12.8 Å². The lowest BCUT2D eigenvalue weighted by atomic mass is 10.2. The zero-order chi connectivity index (χ0) is 27.1. The van der Waals surface area contributed by atoms with Crippen LogP contribution in [0.15, 0.2) is 18.5 Å². The van der Waals surface area contributed by atoms with E-state index in [0.29, 0.717) is 43.6 Å². The van der Waals surface area contributed by atoms with Crippen LogP contribution in [0.5, 0.6) is 0 Å². The van der Waals surface area contributed by atoms with Crippen LogP contribution in [0.1, 0.15) is 62.6 Å². The zero-order valence-corrected chi connectivity index (χ0v) is 21.9. The Morgan fingerprint density at radius 1 is 1.18 bits per heavy atom. The first-order chi connectivity index (χ1) is 18.2. The number of nitriles is 1. The highest BCUT2D eigenvalue weighted by molar-refractivity contribution is 5.98. The van der Waals surface area contributed by atoms with Crippen LogP contribution in [0.3, 0.4) is 0 Å². The molecule has 1 unspecified atom stereocenters. The maximum Gasteiger partial charge on any atom is 0.410 e. The summed E-state index contributed by atoms with van der Waals surface area (Å²) in [5.41, 5.74) is 0.220. The van der Waals surface area contributed by atoms with Gasteiger partial charge in [-0.25, -0.2) is 14.8 Å². The van der Waals surface area contributed by atoms with Gasteiger partial charge in [-0.15, -0.1) is 10.2 Å². The number of hydrogen-bond donors (Lipinski definition) is 3. The second-order valence-corrected chi connectivity index (χ2v) is 10.3. The van der Waals surface area contributed by atoms with Crippen molar-refractivity contribution in [3.8, 4) is 6.07 Å². The van der Waals surface area contributed by atoms with Crippen LogP contribution in [0.2, 0.25) is 0 Å². The highest BCUT2D eigenvalue weighted by Gasteiger charge is 2.29. The standard InChI is InChI=1S/C25H33N9O4/c1-25(2,3)38-24(36)34-8-9-37-18(15-34)13-28-19-10-20(31-21-14-27-17(11-26)12-29-21)32-33-22(19)23(35)30-16-6-4-5-7-16/h10,12,14,16,18H,4-9,13,15H2,1-3H3,(H,30,35)(H2,28,29,31,32). The van der Waals surface area contributed by atoms with Gasteiger partial charge in [0, 0.05) is 25.2 Å². The number of aromatic nitrogens is 4. The highest BCUT2D eigenvalue weighted by atomic mass is 16.6. The lowest BCUT2D eigenvalue weighted by molar-refractivity contribution is -0.0371. The lowest BCUT2D eigenvalue weighted by Crippen LogP contribution is -2.49. The average Bonchev–Trinajstić information content (AvgIpc) is 3.40. The molecular weight excluding hydrogens is 490 g/mol. The van der Waals surface area contributed by atoms with Crippen molar-refractivity contribution in [1.82, 2.24) is 30.4 Å². The van der Waals surface area contributed by atoms with E-state index in [4.69, 9.17) is 14.7 Å². The van der Waals surface area contributed by atoms with Crippen molar-refractivity contribution in [2.45, 2.75) is 64.2 Å². The molecule has 3 N–H and O–H groups in total. The van der Waals surface area contributed by atoms with Crippen molar-refractivity contribution in [3.05, 3.63) is 29.8 Å². The van der Waals surface area contributed by atoms with Gasteiger partial charge in [-0.3, -0.25) is 4.79 Å². The van der Waals surface area contributed by atoms with E-state index >= 15 is 0 Å². The van der Waals surface area contributed by atoms with E-state index in [2.05, 4.69) is 36.1 Å². The molecule has 1 aliphatic carbocycles. The smallest absolute Gasteiger partial charge is 0.410 e. The molecule has 13 heteroatoms. The Hall–Kier alpha value is -4.05. The predicted octanol–water partition coefficient (Wildman–Crippen LogP) is 2.60. The number of morpholine rings is 1. The molecule has 1 saturated carbocycles. The summed E-state index contributed by atoms with van der Waals surface area (Å²) in [5.74, 6) is 0.399. The van der Waals surface area contributed by atoms with Crippen LogP contribution in [-0.2, 0) is 9.47 Å². The molecule has 1 aliphatic heterocycles. The summed E-state index contributed by atoms with van der Waals surface area (Å²) in [6.07, 6.45) is 6.10. The summed E-state index contributed by atoms with van der Waals surface area (Å²) in [4.78, 5) is 35.3. The lowest BCUT2D eigenvalue weighted by Gasteiger charge is -2.34. The second-order valence-electron chi connectivity index (χ2n) is 10.3. The van der Waals surface area contributed by atoms with Gasteiger partial charge in [-0.2, -0.15) is 5.26 Å². The number of rotatable bonds is 7. The topological polar surface area (TPSA) is 167 Å². The summed E-state index contributed by atoms with van der Waals surface area (Å²) in [6, 6.07) is 3.69. The third kappa shape index (κ3) is 7.48. The molecule has 2 amide bonds. The molecule has 0 aromatic carbocycles. The number of nitrogens with zero attached hydrogens (tertiary/aromatic N) is 6. The van der Waals surface area contributed by atoms with Gasteiger partial charge in [0.2, 0.25) is 0 Å². The van der Waals surface area contributed by atoms with Crippen molar-refractivity contribution >= 4 is 29.3 Å². The molecule has 38 heavy (non-hydrogen) atoms. The van der Waals surface area contributed by atoms with Crippen molar-refractivity contribution in [2.24, 2.45) is 0 Å². The van der Waals surface area contributed by atoms with E-state index < -0.39 is 5.60 Å². The molecule has 0 bridgehead atoms. The van der Waals surface area contributed by atoms with E-state index in [1.54, 1.807) is 11.0 Å². The van der Waals surface area contributed by atoms with Crippen LogP contribution < -0.4 is 16.0 Å². The highest BCUT2D eigenvalue weighted by Crippen LogP contribution is 2.22. The Morgan fingerprint density at radius 2 is 1.97 bits per heavy atom. The number of nitrogens with one attached hydrogen (secondary N) is 3. The number of carbonyl (C=O) groups excluding carboxylic acids is 2. The monoisotopic (exact) mass is 523 g/mol. The molecule has 2 aromatic heterocycles. The first kappa shape index (κ1) is 27.0. The molecule has 0 spiro atoms. The number of hydrogen-bond acceptors (Lipinski definition) is 11. The largest absolute Gasteiger partial charge is 0.444 e. The minimum atomic E-state index is -0.587. The molecule has 2 fully saturated rings. The molecule has 2 aromatic rings. The Morgan fingerprint density at radius 3 is 2.66 bits per heavy atom. The second kappa shape index (κ2) is 12.0. The number of amides is 2. The van der Waals surface area contributed by atoms with E-state index in [1.165, 1.54) is 12.4 Å². The quantitative estimate of drug-likeness (QED) is 0.488. The Bertz CT molecular complexity index is 1170. The van der Waals surface area contributed by atoms with E-state index in [1.807, 2.05) is 26.8 Å². The molecule has 202 valence electrons. The fraction of sp³-hybridized carbons (Fsp3) is 0.560. The fourth-order valence-corrected chi connectivity index (χ4v) is 4.22. The Labute approximate surface area is 221 Å². The summed E-state index contributed by atoms with van der Waals surface area (Å²) in [6.45, 7) is 6.97. The molecule has 3 heterocycles. The zero-order valence-electron chi connectivity index (χ0n) is 21.9. The van der Waals surface area contributed by atoms with Crippen LogP contribution in [0.4, 0.5) is 22.1 Å². The average molecular weight is 524 g/mol. The van der Waals surface area contributed by atoms with Crippen LogP contribution >= 0.6 is 0 Å². The van der Waals surface area contributed by atoms with Crippen molar-refractivity contribution in [1.29, 1.82) is 5.26 Å². The van der Waals surface area contributed by atoms with Gasteiger partial charge in [0.15, 0.2) is 17.2 Å². The molecule has 13 nitrogen and oxygen atoms in total. The van der Waals surface area contributed by atoms with Crippen molar-refractivity contribution < 1.29 is 19.1 Å². The molecule has 1 atom stereocenters. The van der Waals surface area contributed by atoms with E-state index in [-0.39, 0.29) is 35.5 Å². The minimum Gasteiger partial charge on any atom is -0.444 e. The summed E-state index contributed by atoms with van der Waals surface area (Å²) < 4.78 is 11.3. The van der Waals surface area contributed by atoms with Crippen LogP contribution in [0.25, 0.3) is 0 Å². The minimum absolute atomic E-state index is 0.118. The molecular formula is C25H33N9O4. The van der Waals surface area contributed by atoms with Crippen LogP contribution in [0, 0.1) is 11.3 Å². The maximum atomic E-state index is 13.1. The summed E-state index contributed by atoms with van der Waals surface area (Å²) in [7, 11) is 0. The fourth-order valence-electron chi connectivity index (χ4n) is 4.22. The summed E-state index contributed by atoms with van der Waals surface area (Å²) in [5, 5.41) is 26.5. The number of carbonyl (C=O) groups is 2. The molecule has 0 radical (unpaired) electrons.